The Bertz CT molecular complexity index is 912. The summed E-state index contributed by atoms with van der Waals surface area (Å²) in [6.45, 7) is 11.5. The molecule has 1 N–H and O–H groups in total. The van der Waals surface area contributed by atoms with Crippen LogP contribution in [0.5, 0.6) is 0 Å². The van der Waals surface area contributed by atoms with Gasteiger partial charge in [0.05, 0.1) is 6.61 Å². The van der Waals surface area contributed by atoms with Crippen LogP contribution in [-0.2, 0) is 18.7 Å². The second-order valence-corrected chi connectivity index (χ2v) is 13.5. The van der Waals surface area contributed by atoms with Crippen LogP contribution in [0.2, 0.25) is 17.1 Å². The van der Waals surface area contributed by atoms with Crippen molar-refractivity contribution in [3.05, 3.63) is 33.1 Å². The van der Waals surface area contributed by atoms with Crippen LogP contribution in [0.3, 0.4) is 0 Å². The van der Waals surface area contributed by atoms with Crippen LogP contribution in [0.15, 0.2) is 21.9 Å². The number of nitrogens with zero attached hydrogens (tertiary/aromatic N) is 1. The molecule has 0 spiro atoms. The van der Waals surface area contributed by atoms with Gasteiger partial charge in [0.25, 0.3) is 5.56 Å². The summed E-state index contributed by atoms with van der Waals surface area (Å²) in [5.41, 5.74) is -3.16. The summed E-state index contributed by atoms with van der Waals surface area (Å²) in [6.07, 6.45) is -2.23. The number of carbonyl (C=O) groups is 1. The molecule has 2 saturated heterocycles. The monoisotopic (exact) mass is 428 g/mol. The third-order valence-corrected chi connectivity index (χ3v) is 12.8. The van der Waals surface area contributed by atoms with Gasteiger partial charge in [0, 0.05) is 18.7 Å². The van der Waals surface area contributed by atoms with E-state index in [1.165, 1.54) is 13.1 Å². The lowest BCUT2D eigenvalue weighted by Gasteiger charge is -2.28. The summed E-state index contributed by atoms with van der Waals surface area (Å²) in [6, 6.07) is 1.11. The van der Waals surface area contributed by atoms with Crippen LogP contribution < -0.4 is 11.2 Å². The fraction of sp³-hybridized carbons (Fsp3) is 0.737. The number of hydrogen-bond donors (Lipinski definition) is 1. The lowest BCUT2D eigenvalue weighted by Crippen LogP contribution is -2.46. The Hall–Kier alpha value is -1.78. The Morgan fingerprint density at radius 2 is 2.00 bits per heavy atom. The van der Waals surface area contributed by atoms with Crippen molar-refractivity contribution in [1.82, 2.24) is 9.55 Å². The van der Waals surface area contributed by atoms with Crippen molar-refractivity contribution in [2.45, 2.75) is 82.3 Å². The summed E-state index contributed by atoms with van der Waals surface area (Å²) < 4.78 is 34.3. The van der Waals surface area contributed by atoms with E-state index in [1.54, 1.807) is 6.92 Å². The molecule has 3 heterocycles. The van der Waals surface area contributed by atoms with Crippen LogP contribution in [0.4, 0.5) is 4.39 Å². The fourth-order valence-corrected chi connectivity index (χ4v) is 8.36. The molecule has 2 aliphatic heterocycles. The van der Waals surface area contributed by atoms with Gasteiger partial charge in [-0.3, -0.25) is 19.1 Å². The second kappa shape index (κ2) is 7.17. The van der Waals surface area contributed by atoms with Gasteiger partial charge >= 0.3 is 11.7 Å². The highest BCUT2D eigenvalue weighted by molar-refractivity contribution is 6.88. The number of esters is 1. The van der Waals surface area contributed by atoms with Crippen molar-refractivity contribution in [3.8, 4) is 0 Å². The smallest absolute Gasteiger partial charge is 0.330 e. The highest BCUT2D eigenvalue weighted by Crippen LogP contribution is 2.71. The zero-order chi connectivity index (χ0) is 21.8. The number of nitrogens with one attached hydrogen (secondary N) is 1. The van der Waals surface area contributed by atoms with Crippen LogP contribution in [0, 0.1) is 0 Å². The highest BCUT2D eigenvalue weighted by Gasteiger charge is 2.70. The number of rotatable bonds is 6. The zero-order valence-corrected chi connectivity index (χ0v) is 18.7. The van der Waals surface area contributed by atoms with Crippen molar-refractivity contribution in [3.63, 3.8) is 0 Å². The first-order chi connectivity index (χ1) is 13.4. The van der Waals surface area contributed by atoms with E-state index < -0.39 is 49.6 Å². The second-order valence-electron chi connectivity index (χ2n) is 8.82. The summed E-state index contributed by atoms with van der Waals surface area (Å²) >= 11 is 0. The Morgan fingerprint density at radius 3 is 2.52 bits per heavy atom. The number of alkyl halides is 1. The minimum Gasteiger partial charge on any atom is -0.456 e. The molecule has 0 bridgehead atoms. The van der Waals surface area contributed by atoms with Gasteiger partial charge < -0.3 is 13.9 Å². The maximum atomic E-state index is 15.8. The standard InChI is InChI=1S/C19H29FN2O6Si/c1-7-14(24)28-15-12(10-26-29(6)11(2)18(29,3)4)27-16(19(15,5)20)22-9-8-13(23)21-17(22)25/h8-9,11-12,15-16H,7,10H2,1-6H3,(H,21,23,25)/t11?,12-,15-,16?,19+,29?/m1/s1. The summed E-state index contributed by atoms with van der Waals surface area (Å²) in [4.78, 5) is 37.6. The molecule has 0 radical (unpaired) electrons. The van der Waals surface area contributed by atoms with Gasteiger partial charge in [0.15, 0.2) is 26.3 Å². The number of aromatic nitrogens is 2. The molecule has 3 rings (SSSR count). The molecule has 0 amide bonds. The first kappa shape index (κ1) is 21.9. The molecule has 2 fully saturated rings. The van der Waals surface area contributed by atoms with Crippen molar-refractivity contribution in [2.75, 3.05) is 6.61 Å². The number of H-pyrrole nitrogens is 1. The van der Waals surface area contributed by atoms with Gasteiger partial charge in [0.1, 0.15) is 6.10 Å². The van der Waals surface area contributed by atoms with E-state index in [4.69, 9.17) is 13.9 Å². The molecule has 10 heteroatoms. The van der Waals surface area contributed by atoms with Crippen LogP contribution in [0.1, 0.15) is 47.3 Å². The molecule has 1 aromatic heterocycles. The number of hydrogen-bond acceptors (Lipinski definition) is 6. The lowest BCUT2D eigenvalue weighted by molar-refractivity contribution is -0.157. The lowest BCUT2D eigenvalue weighted by atomic mass is 9.98. The Balaban J connectivity index is 1.88. The van der Waals surface area contributed by atoms with Crippen LogP contribution in [0.25, 0.3) is 0 Å². The fourth-order valence-electron chi connectivity index (χ4n) is 4.16. The van der Waals surface area contributed by atoms with Crippen molar-refractivity contribution >= 4 is 14.3 Å². The van der Waals surface area contributed by atoms with E-state index in [1.807, 2.05) is 0 Å². The Labute approximate surface area is 169 Å². The largest absolute Gasteiger partial charge is 0.456 e. The average Bonchev–Trinajstić information content (AvgIpc) is 2.89. The molecule has 0 aliphatic carbocycles. The van der Waals surface area contributed by atoms with Crippen molar-refractivity contribution in [2.24, 2.45) is 0 Å². The molecule has 3 unspecified atom stereocenters. The first-order valence-corrected chi connectivity index (χ1v) is 12.3. The third-order valence-electron chi connectivity index (χ3n) is 6.98. The quantitative estimate of drug-likeness (QED) is 0.551. The van der Waals surface area contributed by atoms with Crippen molar-refractivity contribution < 1.29 is 23.1 Å². The highest BCUT2D eigenvalue weighted by atomic mass is 28.4. The Kier molecular flexibility index (Phi) is 5.42. The van der Waals surface area contributed by atoms with Gasteiger partial charge in [-0.15, -0.1) is 0 Å². The maximum Gasteiger partial charge on any atom is 0.330 e. The van der Waals surface area contributed by atoms with Gasteiger partial charge in [-0.25, -0.2) is 9.18 Å². The van der Waals surface area contributed by atoms with Gasteiger partial charge in [-0.05, 0) is 24.1 Å². The minimum absolute atomic E-state index is 0.0618. The summed E-state index contributed by atoms with van der Waals surface area (Å²) in [5, 5.41) is 0.0927. The summed E-state index contributed by atoms with van der Waals surface area (Å²) in [7, 11) is -2.01. The van der Waals surface area contributed by atoms with E-state index >= 15 is 4.39 Å². The molecular formula is C19H29FN2O6Si. The molecule has 162 valence electrons. The minimum atomic E-state index is -2.20. The zero-order valence-electron chi connectivity index (χ0n) is 17.7. The van der Waals surface area contributed by atoms with Crippen LogP contribution >= 0.6 is 0 Å². The number of aromatic amines is 1. The number of carbonyl (C=O) groups excluding carboxylic acids is 1. The maximum absolute atomic E-state index is 15.8. The first-order valence-electron chi connectivity index (χ1n) is 9.85. The molecule has 6 atom stereocenters. The van der Waals surface area contributed by atoms with Crippen molar-refractivity contribution in [1.29, 1.82) is 0 Å². The predicted molar refractivity (Wildman–Crippen MR) is 106 cm³/mol. The van der Waals surface area contributed by atoms with E-state index in [0.29, 0.717) is 5.54 Å². The SMILES string of the molecule is CCC(=O)O[C@@H]1[C@@H](CO[Si]2(C)C(C)C2(C)C)OC(n2ccc(=O)[nH]c2=O)[C@@]1(C)F. The normalized spacial score (nSPS) is 38.0. The molecule has 0 saturated carbocycles. The predicted octanol–water partition coefficient (Wildman–Crippen LogP) is 2.26. The average molecular weight is 429 g/mol. The Morgan fingerprint density at radius 1 is 1.38 bits per heavy atom. The van der Waals surface area contributed by atoms with E-state index in [2.05, 4.69) is 32.3 Å². The van der Waals surface area contributed by atoms with Crippen LogP contribution in [-0.4, -0.2) is 48.3 Å². The molecule has 1 aromatic rings. The van der Waals surface area contributed by atoms with E-state index in [9.17, 15) is 14.4 Å². The molecule has 2 aliphatic rings. The number of halogens is 1. The topological polar surface area (TPSA) is 99.6 Å². The van der Waals surface area contributed by atoms with E-state index in [0.717, 1.165) is 10.6 Å². The van der Waals surface area contributed by atoms with Gasteiger partial charge in [0.2, 0.25) is 0 Å². The summed E-state index contributed by atoms with van der Waals surface area (Å²) in [5.74, 6) is -0.564. The van der Waals surface area contributed by atoms with E-state index in [-0.39, 0.29) is 18.1 Å². The molecule has 8 nitrogen and oxygen atoms in total. The van der Waals surface area contributed by atoms with Gasteiger partial charge in [-0.2, -0.15) is 0 Å². The molecular weight excluding hydrogens is 399 g/mol. The molecule has 29 heavy (non-hydrogen) atoms. The molecule has 0 aromatic carbocycles. The third kappa shape index (κ3) is 3.51. The van der Waals surface area contributed by atoms with Gasteiger partial charge in [-0.1, -0.05) is 27.7 Å². The number of ether oxygens (including phenoxy) is 2.